The molecule has 1 saturated heterocycles. The number of likely N-dealkylation sites (tertiary alicyclic amines) is 1. The topological polar surface area (TPSA) is 76.1 Å². The minimum Gasteiger partial charge on any atom is -0.507 e. The van der Waals surface area contributed by atoms with Crippen molar-refractivity contribution in [1.82, 2.24) is 4.90 Å². The van der Waals surface area contributed by atoms with Gasteiger partial charge >= 0.3 is 0 Å². The molecule has 0 radical (unpaired) electrons. The minimum atomic E-state index is -0.685. The predicted molar refractivity (Wildman–Crippen MR) is 103 cm³/mol. The summed E-state index contributed by atoms with van der Waals surface area (Å²) in [5.41, 5.74) is 1.39. The van der Waals surface area contributed by atoms with Crippen LogP contribution in [0, 0.1) is 6.92 Å². The molecule has 1 aromatic heterocycles. The van der Waals surface area contributed by atoms with Crippen molar-refractivity contribution in [2.75, 3.05) is 27.4 Å². The molecule has 1 amide bonds. The third-order valence-corrected chi connectivity index (χ3v) is 5.48. The first-order chi connectivity index (χ1) is 13.0. The normalized spacial score (nSPS) is 18.9. The molecule has 27 heavy (non-hydrogen) atoms. The monoisotopic (exact) mass is 387 g/mol. The quantitative estimate of drug-likeness (QED) is 0.468. The lowest BCUT2D eigenvalue weighted by molar-refractivity contribution is -0.140. The first-order valence-corrected chi connectivity index (χ1v) is 9.33. The second-order valence-electron chi connectivity index (χ2n) is 6.19. The molecule has 0 spiro atoms. The van der Waals surface area contributed by atoms with Gasteiger partial charge in [-0.15, -0.1) is 11.3 Å². The van der Waals surface area contributed by atoms with Crippen LogP contribution in [0.3, 0.4) is 0 Å². The number of thiophene rings is 1. The molecule has 6 nitrogen and oxygen atoms in total. The number of hydrogen-bond acceptors (Lipinski definition) is 6. The number of aliphatic hydroxyl groups is 1. The average molecular weight is 387 g/mol. The highest BCUT2D eigenvalue weighted by molar-refractivity contribution is 7.10. The summed E-state index contributed by atoms with van der Waals surface area (Å²) in [4.78, 5) is 27.6. The van der Waals surface area contributed by atoms with E-state index in [-0.39, 0.29) is 17.9 Å². The number of ether oxygens (including phenoxy) is 2. The Morgan fingerprint density at radius 3 is 2.63 bits per heavy atom. The molecule has 1 fully saturated rings. The van der Waals surface area contributed by atoms with Crippen molar-refractivity contribution in [3.8, 4) is 5.75 Å². The zero-order chi connectivity index (χ0) is 19.6. The number of aryl methyl sites for hydroxylation is 1. The van der Waals surface area contributed by atoms with Crippen molar-refractivity contribution < 1.29 is 24.2 Å². The zero-order valence-corrected chi connectivity index (χ0v) is 16.2. The van der Waals surface area contributed by atoms with Crippen molar-refractivity contribution in [1.29, 1.82) is 0 Å². The van der Waals surface area contributed by atoms with E-state index in [1.807, 2.05) is 24.4 Å². The first-order valence-electron chi connectivity index (χ1n) is 8.45. The van der Waals surface area contributed by atoms with Crippen LogP contribution in [0.5, 0.6) is 5.75 Å². The van der Waals surface area contributed by atoms with E-state index < -0.39 is 17.7 Å². The predicted octanol–water partition coefficient (Wildman–Crippen LogP) is 3.13. The van der Waals surface area contributed by atoms with E-state index in [0.29, 0.717) is 17.9 Å². The minimum absolute atomic E-state index is 0.100. The van der Waals surface area contributed by atoms with Gasteiger partial charge in [-0.2, -0.15) is 0 Å². The van der Waals surface area contributed by atoms with Gasteiger partial charge in [-0.3, -0.25) is 9.59 Å². The van der Waals surface area contributed by atoms with E-state index in [2.05, 4.69) is 0 Å². The number of hydrogen-bond donors (Lipinski definition) is 1. The molecular weight excluding hydrogens is 366 g/mol. The van der Waals surface area contributed by atoms with Gasteiger partial charge in [0, 0.05) is 24.1 Å². The molecule has 1 aliphatic rings. The average Bonchev–Trinajstić information content (AvgIpc) is 3.27. The smallest absolute Gasteiger partial charge is 0.295 e. The van der Waals surface area contributed by atoms with Gasteiger partial charge < -0.3 is 19.5 Å². The Bertz CT molecular complexity index is 888. The second kappa shape index (κ2) is 7.94. The number of ketones is 1. The number of methoxy groups -OCH3 is 2. The third-order valence-electron chi connectivity index (χ3n) is 4.56. The molecule has 0 aliphatic carbocycles. The highest BCUT2D eigenvalue weighted by Crippen LogP contribution is 2.41. The Morgan fingerprint density at radius 1 is 1.26 bits per heavy atom. The lowest BCUT2D eigenvalue weighted by atomic mass is 9.99. The van der Waals surface area contributed by atoms with Gasteiger partial charge in [0.05, 0.1) is 25.3 Å². The standard InChI is InChI=1S/C20H21NO5S/c1-12-11-13(6-7-14(12)26-3)18(22)16-17(15-5-4-10-27-15)21(8-9-25-2)20(24)19(16)23/h4-7,10-11,17,22H,8-9H2,1-3H3/b18-16+. The van der Waals surface area contributed by atoms with E-state index in [0.717, 1.165) is 10.4 Å². The molecule has 142 valence electrons. The van der Waals surface area contributed by atoms with Crippen molar-refractivity contribution in [2.45, 2.75) is 13.0 Å². The fourth-order valence-electron chi connectivity index (χ4n) is 3.22. The fourth-order valence-corrected chi connectivity index (χ4v) is 4.07. The molecule has 1 atom stereocenters. The maximum absolute atomic E-state index is 12.7. The largest absolute Gasteiger partial charge is 0.507 e. The van der Waals surface area contributed by atoms with Crippen LogP contribution in [0.15, 0.2) is 41.3 Å². The maximum atomic E-state index is 12.7. The van der Waals surface area contributed by atoms with Gasteiger partial charge in [-0.1, -0.05) is 6.07 Å². The van der Waals surface area contributed by atoms with Crippen LogP contribution >= 0.6 is 11.3 Å². The maximum Gasteiger partial charge on any atom is 0.295 e. The number of aliphatic hydroxyl groups excluding tert-OH is 1. The molecule has 2 aromatic rings. The van der Waals surface area contributed by atoms with Crippen LogP contribution in [0.25, 0.3) is 5.76 Å². The van der Waals surface area contributed by atoms with Crippen molar-refractivity contribution in [3.63, 3.8) is 0 Å². The van der Waals surface area contributed by atoms with Gasteiger partial charge in [-0.25, -0.2) is 0 Å². The van der Waals surface area contributed by atoms with E-state index in [1.165, 1.54) is 23.3 Å². The number of carbonyl (C=O) groups is 2. The van der Waals surface area contributed by atoms with E-state index in [1.54, 1.807) is 25.3 Å². The molecule has 7 heteroatoms. The Kier molecular flexibility index (Phi) is 5.62. The first kappa shape index (κ1) is 19.1. The summed E-state index contributed by atoms with van der Waals surface area (Å²) in [6, 6.07) is 8.23. The summed E-state index contributed by atoms with van der Waals surface area (Å²) in [5.74, 6) is -0.813. The summed E-state index contributed by atoms with van der Waals surface area (Å²) in [7, 11) is 3.11. The summed E-state index contributed by atoms with van der Waals surface area (Å²) in [6.45, 7) is 2.42. The Hall–Kier alpha value is -2.64. The van der Waals surface area contributed by atoms with Crippen LogP contribution in [0.4, 0.5) is 0 Å². The van der Waals surface area contributed by atoms with Gasteiger partial charge in [0.15, 0.2) is 0 Å². The molecule has 0 bridgehead atoms. The molecule has 1 unspecified atom stereocenters. The van der Waals surface area contributed by atoms with Crippen LogP contribution < -0.4 is 4.74 Å². The van der Waals surface area contributed by atoms with Crippen molar-refractivity contribution in [2.24, 2.45) is 0 Å². The Labute approximate surface area is 161 Å². The summed E-state index contributed by atoms with van der Waals surface area (Å²) >= 11 is 1.43. The Balaban J connectivity index is 2.12. The van der Waals surface area contributed by atoms with E-state index >= 15 is 0 Å². The van der Waals surface area contributed by atoms with Crippen LogP contribution in [0.1, 0.15) is 22.0 Å². The number of carbonyl (C=O) groups excluding carboxylic acids is 2. The van der Waals surface area contributed by atoms with Crippen LogP contribution in [0.2, 0.25) is 0 Å². The zero-order valence-electron chi connectivity index (χ0n) is 15.4. The number of Topliss-reactive ketones (excluding diaryl/α,β-unsaturated/α-hetero) is 1. The molecule has 3 rings (SSSR count). The van der Waals surface area contributed by atoms with Gasteiger partial charge in [0.25, 0.3) is 11.7 Å². The fraction of sp³-hybridized carbons (Fsp3) is 0.300. The van der Waals surface area contributed by atoms with Crippen LogP contribution in [-0.2, 0) is 14.3 Å². The third kappa shape index (κ3) is 3.48. The molecule has 2 heterocycles. The molecule has 1 aromatic carbocycles. The second-order valence-corrected chi connectivity index (χ2v) is 7.16. The summed E-state index contributed by atoms with van der Waals surface area (Å²) < 4.78 is 10.3. The SMILES string of the molecule is COCCN1C(=O)C(=O)/C(=C(/O)c2ccc(OC)c(C)c2)C1c1cccs1. The summed E-state index contributed by atoms with van der Waals surface area (Å²) in [6.07, 6.45) is 0. The summed E-state index contributed by atoms with van der Waals surface area (Å²) in [5, 5.41) is 12.8. The van der Waals surface area contributed by atoms with Crippen molar-refractivity contribution >= 4 is 28.8 Å². The number of amides is 1. The number of nitrogens with zero attached hydrogens (tertiary/aromatic N) is 1. The molecule has 1 N–H and O–H groups in total. The molecular formula is C20H21NO5S. The van der Waals surface area contributed by atoms with Gasteiger partial charge in [0.2, 0.25) is 0 Å². The molecule has 1 aliphatic heterocycles. The molecule has 0 saturated carbocycles. The lowest BCUT2D eigenvalue weighted by Gasteiger charge is -2.23. The van der Waals surface area contributed by atoms with Gasteiger partial charge in [-0.05, 0) is 42.1 Å². The van der Waals surface area contributed by atoms with Gasteiger partial charge in [0.1, 0.15) is 11.5 Å². The number of benzene rings is 1. The Morgan fingerprint density at radius 2 is 2.04 bits per heavy atom. The van der Waals surface area contributed by atoms with Crippen molar-refractivity contribution in [3.05, 3.63) is 57.3 Å². The number of rotatable bonds is 6. The highest BCUT2D eigenvalue weighted by atomic mass is 32.1. The van der Waals surface area contributed by atoms with Crippen LogP contribution in [-0.4, -0.2) is 49.1 Å². The lowest BCUT2D eigenvalue weighted by Crippen LogP contribution is -2.32. The van der Waals surface area contributed by atoms with E-state index in [4.69, 9.17) is 9.47 Å². The van der Waals surface area contributed by atoms with E-state index in [9.17, 15) is 14.7 Å². The highest BCUT2D eigenvalue weighted by Gasteiger charge is 2.46.